The van der Waals surface area contributed by atoms with Crippen molar-refractivity contribution in [2.45, 2.75) is 48.5 Å². The van der Waals surface area contributed by atoms with Crippen LogP contribution in [0.1, 0.15) is 50.6 Å². The van der Waals surface area contributed by atoms with Gasteiger partial charge in [-0.25, -0.2) is 4.85 Å². The zero-order valence-electron chi connectivity index (χ0n) is 29.6. The van der Waals surface area contributed by atoms with Crippen molar-refractivity contribution in [3.63, 3.8) is 0 Å². The van der Waals surface area contributed by atoms with E-state index in [0.717, 1.165) is 98.0 Å². The smallest absolute Gasteiger partial charge is 0.229 e. The number of nitrogens with zero attached hydrogens (tertiary/aromatic N) is 7. The number of benzene rings is 1. The van der Waals surface area contributed by atoms with E-state index >= 15 is 0 Å². The molecule has 0 saturated carbocycles. The molecular formula is C35H57N7O3S+2. The molecule has 0 atom stereocenters. The fourth-order valence-corrected chi connectivity index (χ4v) is 6.08. The predicted molar refractivity (Wildman–Crippen MR) is 189 cm³/mol. The van der Waals surface area contributed by atoms with Crippen LogP contribution in [0, 0.1) is 31.8 Å². The van der Waals surface area contributed by atoms with Crippen molar-refractivity contribution in [1.29, 1.82) is 5.26 Å². The summed E-state index contributed by atoms with van der Waals surface area (Å²) in [5, 5.41) is 18.6. The summed E-state index contributed by atoms with van der Waals surface area (Å²) >= 11 is 1.20. The molecule has 2 aromatic rings. The van der Waals surface area contributed by atoms with Gasteiger partial charge in [-0.1, -0.05) is 0 Å². The molecule has 11 heteroatoms. The lowest BCUT2D eigenvalue weighted by Crippen LogP contribution is -2.49. The minimum Gasteiger partial charge on any atom is -0.377 e. The minimum absolute atomic E-state index is 0.392. The second-order valence-corrected chi connectivity index (χ2v) is 12.9. The molecule has 1 heterocycles. The number of thiophene rings is 1. The maximum absolute atomic E-state index is 9.35. The first-order chi connectivity index (χ1) is 22.1. The molecule has 0 aliphatic rings. The van der Waals surface area contributed by atoms with Gasteiger partial charge < -0.3 is 28.1 Å². The zero-order chi connectivity index (χ0) is 34.0. The maximum atomic E-state index is 9.35. The van der Waals surface area contributed by atoms with Gasteiger partial charge in [0.05, 0.1) is 96.5 Å². The zero-order valence-corrected chi connectivity index (χ0v) is 30.4. The molecule has 10 nitrogen and oxygen atoms in total. The van der Waals surface area contributed by atoms with E-state index in [2.05, 4.69) is 73.8 Å². The van der Waals surface area contributed by atoms with Gasteiger partial charge in [0.2, 0.25) is 5.69 Å². The third-order valence-electron chi connectivity index (χ3n) is 9.51. The molecule has 0 aliphatic carbocycles. The largest absolute Gasteiger partial charge is 0.377 e. The SMILES string of the molecule is [C-]#[N+]c1c(N=Nc2ccc(N(CCOCCOCC[N+](CC)(CC)CC)CCOCC[N+](C)(CC)CC)cc2C)sc(C#N)c1C. The van der Waals surface area contributed by atoms with Crippen LogP contribution in [-0.4, -0.2) is 115 Å². The molecule has 0 radical (unpaired) electrons. The van der Waals surface area contributed by atoms with E-state index in [4.69, 9.17) is 20.8 Å². The molecule has 0 unspecified atom stereocenters. The lowest BCUT2D eigenvalue weighted by atomic mass is 10.1. The summed E-state index contributed by atoms with van der Waals surface area (Å²) in [6, 6.07) is 8.24. The normalized spacial score (nSPS) is 12.0. The number of aryl methyl sites for hydroxylation is 1. The van der Waals surface area contributed by atoms with Crippen molar-refractivity contribution in [3.8, 4) is 6.07 Å². The van der Waals surface area contributed by atoms with Gasteiger partial charge in [0.15, 0.2) is 0 Å². The van der Waals surface area contributed by atoms with E-state index < -0.39 is 0 Å². The molecule has 1 aromatic carbocycles. The maximum Gasteiger partial charge on any atom is 0.229 e. The number of quaternary nitrogens is 2. The Labute approximate surface area is 282 Å². The van der Waals surface area contributed by atoms with Gasteiger partial charge in [0, 0.05) is 18.8 Å². The van der Waals surface area contributed by atoms with Crippen molar-refractivity contribution >= 4 is 33.4 Å². The summed E-state index contributed by atoms with van der Waals surface area (Å²) in [5.41, 5.74) is 3.81. The highest BCUT2D eigenvalue weighted by Crippen LogP contribution is 2.42. The minimum atomic E-state index is 0.392. The first kappa shape index (κ1) is 39.3. The van der Waals surface area contributed by atoms with Crippen LogP contribution in [-0.2, 0) is 14.2 Å². The Balaban J connectivity index is 2.02. The highest BCUT2D eigenvalue weighted by molar-refractivity contribution is 7.17. The van der Waals surface area contributed by atoms with Crippen LogP contribution in [0.4, 0.5) is 22.1 Å². The standard InChI is InChI=1S/C35H57N7O3S/c1-10-41(9,11-2)19-23-43-21-17-40(18-22-44-25-26-45-24-20-42(12-3,13-4)14-5)31-15-16-32(29(6)27-31)38-39-35-34(37-8)30(7)33(28-36)46-35/h15-16,27H,10-14,17-26H2,1-7,9H3/q+2. The molecule has 0 aliphatic heterocycles. The van der Waals surface area contributed by atoms with Crippen molar-refractivity contribution in [2.75, 3.05) is 110 Å². The highest BCUT2D eigenvalue weighted by atomic mass is 32.1. The van der Waals surface area contributed by atoms with E-state index in [9.17, 15) is 5.26 Å². The fraction of sp³-hybridized carbons (Fsp3) is 0.657. The average molecular weight is 656 g/mol. The second kappa shape index (κ2) is 20.4. The second-order valence-electron chi connectivity index (χ2n) is 11.9. The molecule has 0 saturated heterocycles. The van der Waals surface area contributed by atoms with E-state index in [1.807, 2.05) is 19.1 Å². The number of nitriles is 1. The summed E-state index contributed by atoms with van der Waals surface area (Å²) in [7, 11) is 2.27. The first-order valence-electron chi connectivity index (χ1n) is 16.7. The first-order valence-corrected chi connectivity index (χ1v) is 17.6. The average Bonchev–Trinajstić information content (AvgIpc) is 3.39. The fourth-order valence-electron chi connectivity index (χ4n) is 5.22. The number of anilines is 1. The van der Waals surface area contributed by atoms with Crippen LogP contribution in [0.5, 0.6) is 0 Å². The lowest BCUT2D eigenvalue weighted by molar-refractivity contribution is -0.923. The van der Waals surface area contributed by atoms with Crippen molar-refractivity contribution in [1.82, 2.24) is 0 Å². The lowest BCUT2D eigenvalue weighted by Gasteiger charge is -2.35. The number of hydrogen-bond donors (Lipinski definition) is 0. The number of azo groups is 1. The Morgan fingerprint density at radius 1 is 0.848 bits per heavy atom. The van der Waals surface area contributed by atoms with Gasteiger partial charge in [0.1, 0.15) is 24.2 Å². The monoisotopic (exact) mass is 655 g/mol. The topological polar surface area (TPSA) is 83.8 Å². The Morgan fingerprint density at radius 2 is 1.43 bits per heavy atom. The summed E-state index contributed by atoms with van der Waals surface area (Å²) in [6.07, 6.45) is 0. The Morgan fingerprint density at radius 3 is 1.98 bits per heavy atom. The quantitative estimate of drug-likeness (QED) is 0.0539. The van der Waals surface area contributed by atoms with Gasteiger partial charge in [-0.15, -0.1) is 11.3 Å². The summed E-state index contributed by atoms with van der Waals surface area (Å²) in [6.45, 7) is 35.4. The number of hydrogen-bond acceptors (Lipinski definition) is 8. The van der Waals surface area contributed by atoms with Crippen LogP contribution >= 0.6 is 11.3 Å². The van der Waals surface area contributed by atoms with Gasteiger partial charge in [-0.3, -0.25) is 0 Å². The third-order valence-corrected chi connectivity index (χ3v) is 10.6. The molecule has 2 rings (SSSR count). The van der Waals surface area contributed by atoms with Crippen LogP contribution in [0.15, 0.2) is 28.4 Å². The van der Waals surface area contributed by atoms with Gasteiger partial charge in [-0.2, -0.15) is 15.5 Å². The van der Waals surface area contributed by atoms with Crippen LogP contribution in [0.2, 0.25) is 0 Å². The molecular weight excluding hydrogens is 598 g/mol. The molecule has 0 N–H and O–H groups in total. The van der Waals surface area contributed by atoms with Gasteiger partial charge in [-0.05, 0) is 77.8 Å². The predicted octanol–water partition coefficient (Wildman–Crippen LogP) is 7.42. The Kier molecular flexibility index (Phi) is 17.4. The third kappa shape index (κ3) is 11.7. The summed E-state index contributed by atoms with van der Waals surface area (Å²) in [5.74, 6) is 0. The molecule has 46 heavy (non-hydrogen) atoms. The summed E-state index contributed by atoms with van der Waals surface area (Å²) < 4.78 is 20.1. The molecule has 0 spiro atoms. The van der Waals surface area contributed by atoms with Crippen LogP contribution < -0.4 is 4.90 Å². The van der Waals surface area contributed by atoms with E-state index in [-0.39, 0.29) is 0 Å². The number of likely N-dealkylation sites (N-methyl/N-ethyl adjacent to an activating group) is 2. The number of ether oxygens (including phenoxy) is 3. The molecule has 0 fully saturated rings. The van der Waals surface area contributed by atoms with Gasteiger partial charge in [0.25, 0.3) is 0 Å². The van der Waals surface area contributed by atoms with Crippen molar-refractivity contribution in [2.24, 2.45) is 10.2 Å². The molecule has 254 valence electrons. The summed E-state index contributed by atoms with van der Waals surface area (Å²) in [4.78, 5) is 6.35. The molecule has 1 aromatic heterocycles. The van der Waals surface area contributed by atoms with Crippen molar-refractivity contribution in [3.05, 3.63) is 45.6 Å². The molecule has 0 bridgehead atoms. The van der Waals surface area contributed by atoms with Crippen LogP contribution in [0.25, 0.3) is 4.85 Å². The van der Waals surface area contributed by atoms with Crippen LogP contribution in [0.3, 0.4) is 0 Å². The van der Waals surface area contributed by atoms with Crippen molar-refractivity contribution < 1.29 is 23.2 Å². The Hall–Kier alpha value is -2.90. The highest BCUT2D eigenvalue weighted by Gasteiger charge is 2.20. The number of rotatable bonds is 23. The van der Waals surface area contributed by atoms with Gasteiger partial charge >= 0.3 is 0 Å². The molecule has 0 amide bonds. The van der Waals surface area contributed by atoms with E-state index in [1.54, 1.807) is 6.92 Å². The van der Waals surface area contributed by atoms with E-state index in [1.165, 1.54) is 11.3 Å². The van der Waals surface area contributed by atoms with E-state index in [0.29, 0.717) is 47.6 Å². The Bertz CT molecular complexity index is 1300.